The maximum Gasteiger partial charge on any atom is 0.0546 e. The Morgan fingerprint density at radius 2 is 0.830 bits per heavy atom. The average molecular weight is 598 g/mol. The van der Waals surface area contributed by atoms with Crippen molar-refractivity contribution in [1.29, 1.82) is 0 Å². The molecule has 220 valence electrons. The molecule has 1 nitrogen and oxygen atoms in total. The van der Waals surface area contributed by atoms with Gasteiger partial charge in [0, 0.05) is 16.5 Å². The van der Waals surface area contributed by atoms with Gasteiger partial charge in [0.1, 0.15) is 0 Å². The van der Waals surface area contributed by atoms with E-state index < -0.39 is 0 Å². The van der Waals surface area contributed by atoms with Crippen molar-refractivity contribution in [1.82, 2.24) is 0 Å². The van der Waals surface area contributed by atoms with Crippen molar-refractivity contribution in [3.8, 4) is 22.3 Å². The van der Waals surface area contributed by atoms with Gasteiger partial charge in [0.2, 0.25) is 0 Å². The third kappa shape index (κ3) is 4.72. The van der Waals surface area contributed by atoms with E-state index in [2.05, 4.69) is 193 Å². The lowest BCUT2D eigenvalue weighted by atomic mass is 9.95. The van der Waals surface area contributed by atoms with Gasteiger partial charge in [-0.2, -0.15) is 0 Å². The van der Waals surface area contributed by atoms with Crippen molar-refractivity contribution in [2.45, 2.75) is 0 Å². The highest BCUT2D eigenvalue weighted by molar-refractivity contribution is 6.15. The van der Waals surface area contributed by atoms with Gasteiger partial charge in [-0.1, -0.05) is 158 Å². The second-order valence-corrected chi connectivity index (χ2v) is 12.2. The number of fused-ring (bicyclic) bond motifs is 5. The van der Waals surface area contributed by atoms with E-state index >= 15 is 0 Å². The van der Waals surface area contributed by atoms with E-state index in [9.17, 15) is 0 Å². The van der Waals surface area contributed by atoms with Crippen LogP contribution in [0.4, 0.5) is 17.1 Å². The summed E-state index contributed by atoms with van der Waals surface area (Å²) < 4.78 is 0. The summed E-state index contributed by atoms with van der Waals surface area (Å²) >= 11 is 0. The van der Waals surface area contributed by atoms with Crippen LogP contribution < -0.4 is 4.90 Å². The highest BCUT2D eigenvalue weighted by Gasteiger charge is 2.19. The van der Waals surface area contributed by atoms with Crippen LogP contribution in [0.2, 0.25) is 0 Å². The summed E-state index contributed by atoms with van der Waals surface area (Å²) in [5.74, 6) is 0. The molecule has 1 heteroatoms. The Morgan fingerprint density at radius 3 is 1.62 bits per heavy atom. The van der Waals surface area contributed by atoms with Gasteiger partial charge in [-0.25, -0.2) is 0 Å². The molecule has 0 saturated heterocycles. The summed E-state index contributed by atoms with van der Waals surface area (Å²) in [6.45, 7) is 0. The van der Waals surface area contributed by atoms with Crippen molar-refractivity contribution in [2.75, 3.05) is 4.90 Å². The summed E-state index contributed by atoms with van der Waals surface area (Å²) in [5, 5.41) is 9.96. The number of anilines is 3. The van der Waals surface area contributed by atoms with Crippen LogP contribution in [0.3, 0.4) is 0 Å². The van der Waals surface area contributed by atoms with E-state index in [0.717, 1.165) is 11.4 Å². The molecule has 0 N–H and O–H groups in total. The topological polar surface area (TPSA) is 3.24 Å². The van der Waals surface area contributed by atoms with Crippen molar-refractivity contribution >= 4 is 60.2 Å². The predicted octanol–water partition coefficient (Wildman–Crippen LogP) is 13.1. The maximum atomic E-state index is 2.44. The standard InChI is InChI=1S/C46H31N/c1-4-19-39-33(12-1)15-10-24-40(39)36-18-9-17-35(30-36)32-26-28-38(29-27-32)47(45-25-11-16-34-13-2-6-21-42(34)45)46-31-37-14-3-5-20-41(37)43-22-7-8-23-44(43)46/h1-31H. The number of hydrogen-bond acceptors (Lipinski definition) is 1. The maximum absolute atomic E-state index is 2.44. The molecule has 0 heterocycles. The SMILES string of the molecule is c1cc(-c2ccc(N(c3cccc4ccccc34)c3cc4ccccc4c4ccccc34)cc2)cc(-c2cccc3ccccc23)c1. The normalized spacial score (nSPS) is 11.4. The molecule has 0 amide bonds. The zero-order valence-electron chi connectivity index (χ0n) is 25.8. The molecule has 0 fully saturated rings. The molecule has 0 unspecified atom stereocenters. The minimum absolute atomic E-state index is 1.12. The van der Waals surface area contributed by atoms with E-state index in [-0.39, 0.29) is 0 Å². The summed E-state index contributed by atoms with van der Waals surface area (Å²) in [4.78, 5) is 2.44. The Balaban J connectivity index is 1.21. The fourth-order valence-electron chi connectivity index (χ4n) is 7.18. The van der Waals surface area contributed by atoms with Crippen LogP contribution in [-0.2, 0) is 0 Å². The number of rotatable bonds is 5. The van der Waals surface area contributed by atoms with E-state index in [0.29, 0.717) is 0 Å². The largest absolute Gasteiger partial charge is 0.309 e. The highest BCUT2D eigenvalue weighted by atomic mass is 15.1. The van der Waals surface area contributed by atoms with Crippen molar-refractivity contribution in [2.24, 2.45) is 0 Å². The second-order valence-electron chi connectivity index (χ2n) is 12.2. The first-order valence-corrected chi connectivity index (χ1v) is 16.2. The molecular formula is C46H31N. The van der Waals surface area contributed by atoms with Crippen LogP contribution in [0.1, 0.15) is 0 Å². The van der Waals surface area contributed by atoms with E-state index in [1.54, 1.807) is 0 Å². The van der Waals surface area contributed by atoms with E-state index in [4.69, 9.17) is 0 Å². The molecule has 9 rings (SSSR count). The quantitative estimate of drug-likeness (QED) is 0.178. The fraction of sp³-hybridized carbons (Fsp3) is 0. The lowest BCUT2D eigenvalue weighted by Crippen LogP contribution is -2.11. The molecule has 0 radical (unpaired) electrons. The monoisotopic (exact) mass is 597 g/mol. The molecule has 0 aliphatic rings. The smallest absolute Gasteiger partial charge is 0.0546 e. The van der Waals surface area contributed by atoms with Crippen molar-refractivity contribution < 1.29 is 0 Å². The number of nitrogens with zero attached hydrogens (tertiary/aromatic N) is 1. The van der Waals surface area contributed by atoms with Gasteiger partial charge in [0.05, 0.1) is 11.4 Å². The molecular weight excluding hydrogens is 567 g/mol. The van der Waals surface area contributed by atoms with Crippen LogP contribution in [0.15, 0.2) is 188 Å². The van der Waals surface area contributed by atoms with Gasteiger partial charge < -0.3 is 4.90 Å². The molecule has 9 aromatic carbocycles. The Labute approximate surface area is 274 Å². The summed E-state index contributed by atoms with van der Waals surface area (Å²) in [6.07, 6.45) is 0. The molecule has 0 saturated carbocycles. The minimum atomic E-state index is 1.12. The third-order valence-electron chi connectivity index (χ3n) is 9.42. The van der Waals surface area contributed by atoms with Gasteiger partial charge in [-0.3, -0.25) is 0 Å². The van der Waals surface area contributed by atoms with Crippen molar-refractivity contribution in [3.05, 3.63) is 188 Å². The zero-order chi connectivity index (χ0) is 31.2. The molecule has 0 bridgehead atoms. The zero-order valence-corrected chi connectivity index (χ0v) is 25.8. The Morgan fingerprint density at radius 1 is 0.277 bits per heavy atom. The molecule has 0 atom stereocenters. The molecule has 9 aromatic rings. The summed E-state index contributed by atoms with van der Waals surface area (Å²) in [7, 11) is 0. The lowest BCUT2D eigenvalue weighted by Gasteiger charge is -2.29. The van der Waals surface area contributed by atoms with Crippen molar-refractivity contribution in [3.63, 3.8) is 0 Å². The van der Waals surface area contributed by atoms with Crippen LogP contribution in [0.5, 0.6) is 0 Å². The Kier molecular flexibility index (Phi) is 6.54. The Hall–Kier alpha value is -6.18. The minimum Gasteiger partial charge on any atom is -0.309 e. The lowest BCUT2D eigenvalue weighted by molar-refractivity contribution is 1.32. The summed E-state index contributed by atoms with van der Waals surface area (Å²) in [5.41, 5.74) is 8.33. The highest BCUT2D eigenvalue weighted by Crippen LogP contribution is 2.44. The first-order valence-electron chi connectivity index (χ1n) is 16.2. The first-order chi connectivity index (χ1) is 23.3. The molecule has 47 heavy (non-hydrogen) atoms. The molecule has 0 spiro atoms. The first kappa shape index (κ1) is 27.2. The van der Waals surface area contributed by atoms with Crippen LogP contribution >= 0.6 is 0 Å². The summed E-state index contributed by atoms with van der Waals surface area (Å²) in [6, 6.07) is 68.3. The molecule has 0 aromatic heterocycles. The van der Waals surface area contributed by atoms with Gasteiger partial charge in [-0.05, 0) is 84.9 Å². The van der Waals surface area contributed by atoms with Crippen LogP contribution in [-0.4, -0.2) is 0 Å². The Bertz CT molecular complexity index is 2570. The second kappa shape index (κ2) is 11.3. The van der Waals surface area contributed by atoms with Crippen LogP contribution in [0.25, 0.3) is 65.3 Å². The third-order valence-corrected chi connectivity index (χ3v) is 9.42. The van der Waals surface area contributed by atoms with Gasteiger partial charge in [0.15, 0.2) is 0 Å². The van der Waals surface area contributed by atoms with Gasteiger partial charge in [-0.15, -0.1) is 0 Å². The van der Waals surface area contributed by atoms with Gasteiger partial charge >= 0.3 is 0 Å². The number of hydrogen-bond donors (Lipinski definition) is 0. The van der Waals surface area contributed by atoms with Gasteiger partial charge in [0.25, 0.3) is 0 Å². The average Bonchev–Trinajstić information content (AvgIpc) is 3.15. The van der Waals surface area contributed by atoms with E-state index in [1.807, 2.05) is 0 Å². The molecule has 0 aliphatic heterocycles. The predicted molar refractivity (Wildman–Crippen MR) is 202 cm³/mol. The molecule has 0 aliphatic carbocycles. The van der Waals surface area contributed by atoms with Crippen LogP contribution in [0, 0.1) is 0 Å². The van der Waals surface area contributed by atoms with E-state index in [1.165, 1.54) is 71.0 Å². The number of benzene rings is 9. The fourth-order valence-corrected chi connectivity index (χ4v) is 7.18.